The van der Waals surface area contributed by atoms with Crippen LogP contribution in [0.4, 0.5) is 11.5 Å². The normalized spacial score (nSPS) is 18.0. The zero-order valence-corrected chi connectivity index (χ0v) is 17.4. The second kappa shape index (κ2) is 8.62. The van der Waals surface area contributed by atoms with Crippen molar-refractivity contribution in [2.75, 3.05) is 24.1 Å². The molecule has 3 aromatic rings. The standard InChI is InChI=1S/C25H30N4O/c26-25-24-8-5-21(15-20(24)9-12-27-25)28-16-18-1-3-19(4-2-18)17-30-23-10-13-29(14-11-23)22-6-7-22/h1-5,8-9,12,15,22-23,28H,6-7,10-11,13-14,16-17H2,(H2,26,27). The van der Waals surface area contributed by atoms with Crippen molar-refractivity contribution >= 4 is 22.3 Å². The molecule has 0 bridgehead atoms. The molecule has 5 rings (SSSR count). The number of rotatable bonds is 7. The number of fused-ring (bicyclic) bond motifs is 1. The van der Waals surface area contributed by atoms with Crippen molar-refractivity contribution in [2.24, 2.45) is 0 Å². The lowest BCUT2D eigenvalue weighted by molar-refractivity contribution is -0.00396. The third kappa shape index (κ3) is 4.58. The molecule has 3 N–H and O–H groups in total. The van der Waals surface area contributed by atoms with Gasteiger partial charge >= 0.3 is 0 Å². The highest BCUT2D eigenvalue weighted by Crippen LogP contribution is 2.30. The summed E-state index contributed by atoms with van der Waals surface area (Å²) >= 11 is 0. The van der Waals surface area contributed by atoms with Gasteiger partial charge in [0.25, 0.3) is 0 Å². The second-order valence-corrected chi connectivity index (χ2v) is 8.58. The van der Waals surface area contributed by atoms with Gasteiger partial charge in [0.1, 0.15) is 5.82 Å². The average molecular weight is 403 g/mol. The molecular formula is C25H30N4O. The molecule has 0 spiro atoms. The van der Waals surface area contributed by atoms with E-state index in [4.69, 9.17) is 10.5 Å². The minimum atomic E-state index is 0.415. The third-order valence-electron chi connectivity index (χ3n) is 6.34. The van der Waals surface area contributed by atoms with E-state index < -0.39 is 0 Å². The monoisotopic (exact) mass is 402 g/mol. The molecular weight excluding hydrogens is 372 g/mol. The van der Waals surface area contributed by atoms with Gasteiger partial charge in [0, 0.05) is 42.9 Å². The number of hydrogen-bond acceptors (Lipinski definition) is 5. The zero-order valence-electron chi connectivity index (χ0n) is 17.4. The van der Waals surface area contributed by atoms with Crippen LogP contribution in [0.15, 0.2) is 54.7 Å². The van der Waals surface area contributed by atoms with Gasteiger partial charge in [0.15, 0.2) is 0 Å². The number of ether oxygens (including phenoxy) is 1. The summed E-state index contributed by atoms with van der Waals surface area (Å²) in [7, 11) is 0. The molecule has 30 heavy (non-hydrogen) atoms. The summed E-state index contributed by atoms with van der Waals surface area (Å²) in [5.41, 5.74) is 9.52. The minimum absolute atomic E-state index is 0.415. The van der Waals surface area contributed by atoms with Crippen molar-refractivity contribution in [2.45, 2.75) is 51.0 Å². The first-order valence-corrected chi connectivity index (χ1v) is 11.1. The Kier molecular flexibility index (Phi) is 5.56. The number of nitrogen functional groups attached to an aromatic ring is 1. The second-order valence-electron chi connectivity index (χ2n) is 8.58. The molecule has 2 fully saturated rings. The minimum Gasteiger partial charge on any atom is -0.383 e. The predicted octanol–water partition coefficient (Wildman–Crippen LogP) is 4.57. The largest absolute Gasteiger partial charge is 0.383 e. The molecule has 0 radical (unpaired) electrons. The number of hydrogen-bond donors (Lipinski definition) is 2. The number of aromatic nitrogens is 1. The van der Waals surface area contributed by atoms with Crippen LogP contribution in [0.2, 0.25) is 0 Å². The van der Waals surface area contributed by atoms with Crippen LogP contribution in [-0.2, 0) is 17.9 Å². The van der Waals surface area contributed by atoms with Gasteiger partial charge in [-0.25, -0.2) is 4.98 Å². The summed E-state index contributed by atoms with van der Waals surface area (Å²) in [6.07, 6.45) is 7.31. The maximum Gasteiger partial charge on any atom is 0.131 e. The first kappa shape index (κ1) is 19.3. The van der Waals surface area contributed by atoms with Crippen LogP contribution in [0.3, 0.4) is 0 Å². The Morgan fingerprint density at radius 1 is 0.967 bits per heavy atom. The lowest BCUT2D eigenvalue weighted by Crippen LogP contribution is -2.38. The molecule has 1 saturated heterocycles. The third-order valence-corrected chi connectivity index (χ3v) is 6.34. The highest BCUT2D eigenvalue weighted by Gasteiger charge is 2.31. The lowest BCUT2D eigenvalue weighted by Gasteiger charge is -2.31. The van der Waals surface area contributed by atoms with Gasteiger partial charge in [-0.2, -0.15) is 0 Å². The summed E-state index contributed by atoms with van der Waals surface area (Å²) < 4.78 is 6.18. The van der Waals surface area contributed by atoms with Crippen molar-refractivity contribution in [3.63, 3.8) is 0 Å². The van der Waals surface area contributed by atoms with Crippen molar-refractivity contribution < 1.29 is 4.74 Å². The van der Waals surface area contributed by atoms with Gasteiger partial charge in [0.2, 0.25) is 0 Å². The fourth-order valence-electron chi connectivity index (χ4n) is 4.33. The van der Waals surface area contributed by atoms with Crippen LogP contribution in [0, 0.1) is 0 Å². The Hall–Kier alpha value is -2.63. The Bertz CT molecular complexity index is 992. The average Bonchev–Trinajstić information content (AvgIpc) is 3.63. The van der Waals surface area contributed by atoms with E-state index in [1.807, 2.05) is 12.1 Å². The van der Waals surface area contributed by atoms with Crippen LogP contribution in [0.5, 0.6) is 0 Å². The van der Waals surface area contributed by atoms with Crippen LogP contribution >= 0.6 is 0 Å². The fraction of sp³-hybridized carbons (Fsp3) is 0.400. The topological polar surface area (TPSA) is 63.4 Å². The van der Waals surface area contributed by atoms with Gasteiger partial charge < -0.3 is 20.7 Å². The van der Waals surface area contributed by atoms with Crippen molar-refractivity contribution in [3.05, 3.63) is 65.9 Å². The SMILES string of the molecule is Nc1nccc2cc(NCc3ccc(COC4CCN(C5CC5)CC4)cc3)ccc12. The van der Waals surface area contributed by atoms with Crippen molar-refractivity contribution in [3.8, 4) is 0 Å². The van der Waals surface area contributed by atoms with E-state index in [-0.39, 0.29) is 0 Å². The lowest BCUT2D eigenvalue weighted by atomic mass is 10.1. The van der Waals surface area contributed by atoms with Crippen LogP contribution in [-0.4, -0.2) is 35.1 Å². The number of pyridine rings is 1. The molecule has 2 aliphatic rings. The summed E-state index contributed by atoms with van der Waals surface area (Å²) in [4.78, 5) is 6.78. The molecule has 1 aliphatic carbocycles. The molecule has 0 unspecified atom stereocenters. The molecule has 5 heteroatoms. The Morgan fingerprint density at radius 2 is 1.73 bits per heavy atom. The zero-order chi connectivity index (χ0) is 20.3. The Balaban J connectivity index is 1.10. The maximum absolute atomic E-state index is 6.18. The number of likely N-dealkylation sites (tertiary alicyclic amines) is 1. The predicted molar refractivity (Wildman–Crippen MR) is 122 cm³/mol. The molecule has 5 nitrogen and oxygen atoms in total. The summed E-state index contributed by atoms with van der Waals surface area (Å²) in [5, 5.41) is 5.59. The Labute approximate surface area is 178 Å². The van der Waals surface area contributed by atoms with E-state index in [0.29, 0.717) is 18.5 Å². The maximum atomic E-state index is 6.18. The number of nitrogens with one attached hydrogen (secondary N) is 1. The molecule has 2 aromatic carbocycles. The number of nitrogens with zero attached hydrogens (tertiary/aromatic N) is 2. The highest BCUT2D eigenvalue weighted by atomic mass is 16.5. The van der Waals surface area contributed by atoms with Gasteiger partial charge in [0.05, 0.1) is 12.7 Å². The van der Waals surface area contributed by atoms with E-state index >= 15 is 0 Å². The van der Waals surface area contributed by atoms with E-state index in [2.05, 4.69) is 51.6 Å². The smallest absolute Gasteiger partial charge is 0.131 e. The van der Waals surface area contributed by atoms with Gasteiger partial charge in [-0.05, 0) is 66.5 Å². The molecule has 2 heterocycles. The van der Waals surface area contributed by atoms with Gasteiger partial charge in [-0.3, -0.25) is 0 Å². The van der Waals surface area contributed by atoms with E-state index in [1.54, 1.807) is 6.20 Å². The quantitative estimate of drug-likeness (QED) is 0.606. The summed E-state index contributed by atoms with van der Waals surface area (Å²) in [6.45, 7) is 3.91. The number of nitrogens with two attached hydrogens (primary N) is 1. The number of piperidine rings is 1. The first-order valence-electron chi connectivity index (χ1n) is 11.1. The van der Waals surface area contributed by atoms with Gasteiger partial charge in [-0.15, -0.1) is 0 Å². The fourth-order valence-corrected chi connectivity index (χ4v) is 4.33. The van der Waals surface area contributed by atoms with Crippen LogP contribution in [0.25, 0.3) is 10.8 Å². The molecule has 0 atom stereocenters. The molecule has 1 aliphatic heterocycles. The number of anilines is 2. The van der Waals surface area contributed by atoms with Crippen LogP contribution < -0.4 is 11.1 Å². The molecule has 0 amide bonds. The Morgan fingerprint density at radius 3 is 2.50 bits per heavy atom. The molecule has 1 saturated carbocycles. The summed E-state index contributed by atoms with van der Waals surface area (Å²) in [5.74, 6) is 0.574. The number of benzene rings is 2. The van der Waals surface area contributed by atoms with Crippen molar-refractivity contribution in [1.29, 1.82) is 0 Å². The van der Waals surface area contributed by atoms with E-state index in [0.717, 1.165) is 29.0 Å². The highest BCUT2D eigenvalue weighted by molar-refractivity contribution is 5.92. The first-order chi connectivity index (χ1) is 14.7. The van der Waals surface area contributed by atoms with E-state index in [1.165, 1.54) is 49.9 Å². The molecule has 156 valence electrons. The van der Waals surface area contributed by atoms with Crippen LogP contribution in [0.1, 0.15) is 36.8 Å². The molecule has 1 aromatic heterocycles. The van der Waals surface area contributed by atoms with Crippen molar-refractivity contribution in [1.82, 2.24) is 9.88 Å². The summed E-state index contributed by atoms with van der Waals surface area (Å²) in [6, 6.07) is 17.8. The van der Waals surface area contributed by atoms with Gasteiger partial charge in [-0.1, -0.05) is 24.3 Å². The van der Waals surface area contributed by atoms with E-state index in [9.17, 15) is 0 Å².